The summed E-state index contributed by atoms with van der Waals surface area (Å²) in [6, 6.07) is 8.08. The van der Waals surface area contributed by atoms with Crippen LogP contribution in [-0.2, 0) is 9.59 Å². The van der Waals surface area contributed by atoms with Crippen LogP contribution in [0.1, 0.15) is 24.3 Å². The Morgan fingerprint density at radius 3 is 2.55 bits per heavy atom. The van der Waals surface area contributed by atoms with Gasteiger partial charge in [-0.1, -0.05) is 28.1 Å². The van der Waals surface area contributed by atoms with Crippen molar-refractivity contribution in [2.75, 3.05) is 13.1 Å². The van der Waals surface area contributed by atoms with Crippen LogP contribution >= 0.6 is 15.9 Å². The number of benzene rings is 1. The molecule has 3 rings (SSSR count). The van der Waals surface area contributed by atoms with Gasteiger partial charge in [0.15, 0.2) is 0 Å². The standard InChI is InChI=1S/C15H16BrNO3/c16-11-3-1-9(2-4-11)12-7-13(12)14(18)17-6-5-10(8-17)15(19)20/h1-4,10,12-13H,5-8H2,(H,19,20)/t10-,12+,13-/m1/s1. The van der Waals surface area contributed by atoms with Crippen LogP contribution in [0.15, 0.2) is 28.7 Å². The molecule has 2 aliphatic rings. The lowest BCUT2D eigenvalue weighted by Crippen LogP contribution is -2.31. The molecule has 106 valence electrons. The van der Waals surface area contributed by atoms with E-state index in [1.165, 1.54) is 5.56 Å². The third kappa shape index (κ3) is 2.59. The molecule has 0 aromatic heterocycles. The van der Waals surface area contributed by atoms with Crippen LogP contribution in [0.4, 0.5) is 0 Å². The fourth-order valence-electron chi connectivity index (χ4n) is 2.94. The Hall–Kier alpha value is -1.36. The molecule has 1 amide bonds. The highest BCUT2D eigenvalue weighted by Crippen LogP contribution is 2.49. The summed E-state index contributed by atoms with van der Waals surface area (Å²) in [5.41, 5.74) is 1.19. The molecule has 1 N–H and O–H groups in total. The maximum atomic E-state index is 12.4. The Bertz CT molecular complexity index is 543. The van der Waals surface area contributed by atoms with E-state index in [2.05, 4.69) is 15.9 Å². The van der Waals surface area contributed by atoms with E-state index in [1.54, 1.807) is 4.90 Å². The molecule has 1 aliphatic carbocycles. The van der Waals surface area contributed by atoms with Gasteiger partial charge in [-0.25, -0.2) is 0 Å². The first-order valence-electron chi connectivity index (χ1n) is 6.83. The molecule has 0 unspecified atom stereocenters. The number of rotatable bonds is 3. The smallest absolute Gasteiger partial charge is 0.308 e. The van der Waals surface area contributed by atoms with Crippen LogP contribution < -0.4 is 0 Å². The summed E-state index contributed by atoms with van der Waals surface area (Å²) in [5, 5.41) is 8.98. The van der Waals surface area contributed by atoms with Crippen LogP contribution in [0.2, 0.25) is 0 Å². The van der Waals surface area contributed by atoms with Gasteiger partial charge in [0.1, 0.15) is 0 Å². The topological polar surface area (TPSA) is 57.6 Å². The van der Waals surface area contributed by atoms with Gasteiger partial charge < -0.3 is 10.0 Å². The average Bonchev–Trinajstić information content (AvgIpc) is 3.06. The van der Waals surface area contributed by atoms with Crippen molar-refractivity contribution in [3.8, 4) is 0 Å². The Balaban J connectivity index is 1.61. The van der Waals surface area contributed by atoms with Gasteiger partial charge in [-0.15, -0.1) is 0 Å². The predicted molar refractivity (Wildman–Crippen MR) is 77.3 cm³/mol. The quantitative estimate of drug-likeness (QED) is 0.921. The van der Waals surface area contributed by atoms with Gasteiger partial charge in [0.25, 0.3) is 0 Å². The molecule has 4 nitrogen and oxygen atoms in total. The summed E-state index contributed by atoms with van der Waals surface area (Å²) in [4.78, 5) is 25.0. The Kier molecular flexibility index (Phi) is 3.54. The fourth-order valence-corrected chi connectivity index (χ4v) is 3.21. The monoisotopic (exact) mass is 337 g/mol. The Labute approximate surface area is 125 Å². The second kappa shape index (κ2) is 5.20. The van der Waals surface area contributed by atoms with E-state index < -0.39 is 5.97 Å². The predicted octanol–water partition coefficient (Wildman–Crippen LogP) is 2.49. The van der Waals surface area contributed by atoms with E-state index in [0.29, 0.717) is 25.4 Å². The van der Waals surface area contributed by atoms with Crippen molar-refractivity contribution < 1.29 is 14.7 Å². The van der Waals surface area contributed by atoms with Crippen LogP contribution in [0.5, 0.6) is 0 Å². The Morgan fingerprint density at radius 2 is 1.95 bits per heavy atom. The van der Waals surface area contributed by atoms with Gasteiger partial charge in [-0.05, 0) is 36.5 Å². The highest BCUT2D eigenvalue weighted by molar-refractivity contribution is 9.10. The molecule has 1 saturated carbocycles. The van der Waals surface area contributed by atoms with Crippen LogP contribution in [0.3, 0.4) is 0 Å². The third-order valence-corrected chi connectivity index (χ3v) is 4.78. The number of nitrogens with zero attached hydrogens (tertiary/aromatic N) is 1. The number of carbonyl (C=O) groups excluding carboxylic acids is 1. The zero-order chi connectivity index (χ0) is 14.3. The number of likely N-dealkylation sites (tertiary alicyclic amines) is 1. The lowest BCUT2D eigenvalue weighted by Gasteiger charge is -2.15. The van der Waals surface area contributed by atoms with Crippen molar-refractivity contribution in [2.24, 2.45) is 11.8 Å². The van der Waals surface area contributed by atoms with E-state index >= 15 is 0 Å². The summed E-state index contributed by atoms with van der Waals surface area (Å²) in [6.07, 6.45) is 1.46. The van der Waals surface area contributed by atoms with Gasteiger partial charge in [-0.2, -0.15) is 0 Å². The lowest BCUT2D eigenvalue weighted by atomic mass is 10.1. The average molecular weight is 338 g/mol. The second-order valence-corrected chi connectivity index (χ2v) is 6.52. The first-order valence-corrected chi connectivity index (χ1v) is 7.62. The molecular formula is C15H16BrNO3. The molecular weight excluding hydrogens is 322 g/mol. The minimum atomic E-state index is -0.791. The summed E-state index contributed by atoms with van der Waals surface area (Å²) in [6.45, 7) is 0.955. The molecule has 0 spiro atoms. The summed E-state index contributed by atoms with van der Waals surface area (Å²) < 4.78 is 1.04. The van der Waals surface area contributed by atoms with E-state index in [4.69, 9.17) is 5.11 Å². The number of hydrogen-bond acceptors (Lipinski definition) is 2. The minimum Gasteiger partial charge on any atom is -0.481 e. The molecule has 20 heavy (non-hydrogen) atoms. The molecule has 3 atom stereocenters. The van der Waals surface area contributed by atoms with E-state index in [9.17, 15) is 9.59 Å². The maximum absolute atomic E-state index is 12.4. The Morgan fingerprint density at radius 1 is 1.25 bits per heavy atom. The van der Waals surface area contributed by atoms with Gasteiger partial charge >= 0.3 is 5.97 Å². The summed E-state index contributed by atoms with van der Waals surface area (Å²) in [5.74, 6) is -0.700. The molecule has 1 aromatic rings. The van der Waals surface area contributed by atoms with Crippen molar-refractivity contribution in [1.82, 2.24) is 4.90 Å². The minimum absolute atomic E-state index is 0.0451. The van der Waals surface area contributed by atoms with Gasteiger partial charge in [0.05, 0.1) is 5.92 Å². The number of carbonyl (C=O) groups is 2. The molecule has 1 aliphatic heterocycles. The molecule has 0 bridgehead atoms. The number of aliphatic carboxylic acids is 1. The number of carboxylic acid groups (broad SMARTS) is 1. The van der Waals surface area contributed by atoms with E-state index in [0.717, 1.165) is 10.9 Å². The van der Waals surface area contributed by atoms with Crippen LogP contribution in [0.25, 0.3) is 0 Å². The first kappa shape index (κ1) is 13.6. The number of amides is 1. The first-order chi connectivity index (χ1) is 9.56. The highest BCUT2D eigenvalue weighted by Gasteiger charge is 2.47. The van der Waals surface area contributed by atoms with Gasteiger partial charge in [-0.3, -0.25) is 9.59 Å². The third-order valence-electron chi connectivity index (χ3n) is 4.25. The van der Waals surface area contributed by atoms with Crippen LogP contribution in [0, 0.1) is 11.8 Å². The van der Waals surface area contributed by atoms with E-state index in [1.807, 2.05) is 24.3 Å². The molecule has 1 saturated heterocycles. The van der Waals surface area contributed by atoms with Crippen molar-refractivity contribution in [3.63, 3.8) is 0 Å². The van der Waals surface area contributed by atoms with Gasteiger partial charge in [0, 0.05) is 23.5 Å². The SMILES string of the molecule is O=C(O)[C@@H]1CCN(C(=O)[C@@H]2C[C@H]2c2ccc(Br)cc2)C1. The van der Waals surface area contributed by atoms with Crippen LogP contribution in [-0.4, -0.2) is 35.0 Å². The van der Waals surface area contributed by atoms with Crippen molar-refractivity contribution in [1.29, 1.82) is 0 Å². The van der Waals surface area contributed by atoms with E-state index in [-0.39, 0.29) is 17.7 Å². The number of halogens is 1. The zero-order valence-electron chi connectivity index (χ0n) is 11.0. The second-order valence-electron chi connectivity index (χ2n) is 5.61. The largest absolute Gasteiger partial charge is 0.481 e. The molecule has 0 radical (unpaired) electrons. The summed E-state index contributed by atoms with van der Waals surface area (Å²) >= 11 is 3.40. The number of carboxylic acids is 1. The number of hydrogen-bond donors (Lipinski definition) is 1. The fraction of sp³-hybridized carbons (Fsp3) is 0.467. The molecule has 5 heteroatoms. The molecule has 1 heterocycles. The maximum Gasteiger partial charge on any atom is 0.308 e. The molecule has 1 aromatic carbocycles. The van der Waals surface area contributed by atoms with Crippen molar-refractivity contribution >= 4 is 27.8 Å². The molecule has 2 fully saturated rings. The zero-order valence-corrected chi connectivity index (χ0v) is 12.5. The van der Waals surface area contributed by atoms with Crippen molar-refractivity contribution in [3.05, 3.63) is 34.3 Å². The normalized spacial score (nSPS) is 28.4. The van der Waals surface area contributed by atoms with Gasteiger partial charge in [0.2, 0.25) is 5.91 Å². The highest BCUT2D eigenvalue weighted by atomic mass is 79.9. The van der Waals surface area contributed by atoms with Crippen molar-refractivity contribution in [2.45, 2.75) is 18.8 Å². The summed E-state index contributed by atoms with van der Waals surface area (Å²) in [7, 11) is 0. The lowest BCUT2D eigenvalue weighted by molar-refractivity contribution is -0.141.